The van der Waals surface area contributed by atoms with E-state index >= 15 is 0 Å². The first-order chi connectivity index (χ1) is 12.6. The molecule has 0 spiro atoms. The van der Waals surface area contributed by atoms with Gasteiger partial charge in [-0.1, -0.05) is 6.42 Å². The SMILES string of the molecule is Cc1ncccc1C(=O)N1CCCN(C(=O)CC2CCCCN2C)CC1. The van der Waals surface area contributed by atoms with Crippen LogP contribution >= 0.6 is 0 Å². The summed E-state index contributed by atoms with van der Waals surface area (Å²) in [6, 6.07) is 4.00. The predicted octanol–water partition coefficient (Wildman–Crippen LogP) is 1.94. The van der Waals surface area contributed by atoms with Crippen molar-refractivity contribution in [2.75, 3.05) is 39.8 Å². The molecule has 6 nitrogen and oxygen atoms in total. The van der Waals surface area contributed by atoms with Crippen LogP contribution in [-0.2, 0) is 4.79 Å². The number of pyridine rings is 1. The lowest BCUT2D eigenvalue weighted by molar-refractivity contribution is -0.132. The van der Waals surface area contributed by atoms with Gasteiger partial charge in [0.1, 0.15) is 0 Å². The molecule has 0 aromatic carbocycles. The van der Waals surface area contributed by atoms with Crippen molar-refractivity contribution in [1.29, 1.82) is 0 Å². The second-order valence-corrected chi connectivity index (χ2v) is 7.50. The largest absolute Gasteiger partial charge is 0.341 e. The molecule has 1 aromatic heterocycles. The van der Waals surface area contributed by atoms with Crippen molar-refractivity contribution in [1.82, 2.24) is 19.7 Å². The second-order valence-electron chi connectivity index (χ2n) is 7.50. The van der Waals surface area contributed by atoms with Crippen molar-refractivity contribution in [2.45, 2.75) is 45.1 Å². The molecule has 0 N–H and O–H groups in total. The number of rotatable bonds is 3. The summed E-state index contributed by atoms with van der Waals surface area (Å²) in [5.74, 6) is 0.257. The van der Waals surface area contributed by atoms with Crippen LogP contribution < -0.4 is 0 Å². The first kappa shape index (κ1) is 18.8. The average molecular weight is 358 g/mol. The molecule has 2 amide bonds. The highest BCUT2D eigenvalue weighted by Crippen LogP contribution is 2.19. The molecule has 2 fully saturated rings. The highest BCUT2D eigenvalue weighted by atomic mass is 16.2. The van der Waals surface area contributed by atoms with Crippen molar-refractivity contribution >= 4 is 11.8 Å². The lowest BCUT2D eigenvalue weighted by Crippen LogP contribution is -2.43. The lowest BCUT2D eigenvalue weighted by Gasteiger charge is -2.33. The Morgan fingerprint density at radius 1 is 1.08 bits per heavy atom. The molecular formula is C20H30N4O2. The Kier molecular flexibility index (Phi) is 6.25. The Morgan fingerprint density at radius 2 is 1.85 bits per heavy atom. The molecule has 0 aliphatic carbocycles. The Bertz CT molecular complexity index is 648. The first-order valence-electron chi connectivity index (χ1n) is 9.75. The molecule has 6 heteroatoms. The zero-order chi connectivity index (χ0) is 18.5. The topological polar surface area (TPSA) is 56.8 Å². The number of hydrogen-bond acceptors (Lipinski definition) is 4. The summed E-state index contributed by atoms with van der Waals surface area (Å²) in [6.45, 7) is 5.61. The Morgan fingerprint density at radius 3 is 2.62 bits per heavy atom. The lowest BCUT2D eigenvalue weighted by atomic mass is 9.99. The standard InChI is InChI=1S/C20H30N4O2/c1-16-18(8-5-9-21-16)20(26)24-12-6-11-23(13-14-24)19(25)15-17-7-3-4-10-22(17)2/h5,8-9,17H,3-4,6-7,10-15H2,1-2H3. The summed E-state index contributed by atoms with van der Waals surface area (Å²) in [6.07, 6.45) is 6.70. The van der Waals surface area contributed by atoms with Crippen LogP contribution in [0.15, 0.2) is 18.3 Å². The summed E-state index contributed by atoms with van der Waals surface area (Å²) in [7, 11) is 2.12. The van der Waals surface area contributed by atoms with Crippen LogP contribution in [0.1, 0.15) is 48.2 Å². The van der Waals surface area contributed by atoms with E-state index in [1.807, 2.05) is 22.8 Å². The van der Waals surface area contributed by atoms with E-state index in [1.54, 1.807) is 12.3 Å². The van der Waals surface area contributed by atoms with Gasteiger partial charge in [-0.15, -0.1) is 0 Å². The monoisotopic (exact) mass is 358 g/mol. The van der Waals surface area contributed by atoms with Crippen molar-refractivity contribution in [3.05, 3.63) is 29.6 Å². The number of carbonyl (C=O) groups excluding carboxylic acids is 2. The molecule has 2 saturated heterocycles. The zero-order valence-corrected chi connectivity index (χ0v) is 16.0. The highest BCUT2D eigenvalue weighted by molar-refractivity contribution is 5.95. The average Bonchev–Trinajstić information content (AvgIpc) is 2.90. The minimum absolute atomic E-state index is 0.0249. The van der Waals surface area contributed by atoms with Gasteiger partial charge in [0, 0.05) is 50.5 Å². The molecule has 142 valence electrons. The number of aromatic nitrogens is 1. The van der Waals surface area contributed by atoms with E-state index in [1.165, 1.54) is 12.8 Å². The van der Waals surface area contributed by atoms with Crippen LogP contribution in [0, 0.1) is 6.92 Å². The molecular weight excluding hydrogens is 328 g/mol. The Hall–Kier alpha value is -1.95. The van der Waals surface area contributed by atoms with Crippen LogP contribution in [0.4, 0.5) is 0 Å². The third-order valence-electron chi connectivity index (χ3n) is 5.70. The van der Waals surface area contributed by atoms with Crippen LogP contribution in [0.3, 0.4) is 0 Å². The van der Waals surface area contributed by atoms with Crippen LogP contribution in [0.2, 0.25) is 0 Å². The van der Waals surface area contributed by atoms with E-state index in [4.69, 9.17) is 0 Å². The van der Waals surface area contributed by atoms with Gasteiger partial charge >= 0.3 is 0 Å². The maximum Gasteiger partial charge on any atom is 0.255 e. The third kappa shape index (κ3) is 4.41. The zero-order valence-electron chi connectivity index (χ0n) is 16.0. The molecule has 3 heterocycles. The Balaban J connectivity index is 1.57. The fourth-order valence-electron chi connectivity index (χ4n) is 3.98. The van der Waals surface area contributed by atoms with Crippen LogP contribution in [-0.4, -0.2) is 77.3 Å². The van der Waals surface area contributed by atoms with Crippen molar-refractivity contribution < 1.29 is 9.59 Å². The van der Waals surface area contributed by atoms with E-state index in [0.29, 0.717) is 37.7 Å². The molecule has 1 atom stereocenters. The Labute approximate surface area is 156 Å². The van der Waals surface area contributed by atoms with Gasteiger partial charge in [-0.2, -0.15) is 0 Å². The van der Waals surface area contributed by atoms with E-state index < -0.39 is 0 Å². The number of hydrogen-bond donors (Lipinski definition) is 0. The predicted molar refractivity (Wildman–Crippen MR) is 101 cm³/mol. The molecule has 0 saturated carbocycles. The summed E-state index contributed by atoms with van der Waals surface area (Å²) in [4.78, 5) is 35.9. The first-order valence-corrected chi connectivity index (χ1v) is 9.75. The fraction of sp³-hybridized carbons (Fsp3) is 0.650. The van der Waals surface area contributed by atoms with Gasteiger partial charge in [-0.25, -0.2) is 0 Å². The molecule has 3 rings (SSSR count). The summed E-state index contributed by atoms with van der Waals surface area (Å²) in [5, 5.41) is 0. The van der Waals surface area contributed by atoms with E-state index in [0.717, 1.165) is 31.6 Å². The van der Waals surface area contributed by atoms with Crippen LogP contribution in [0.5, 0.6) is 0 Å². The van der Waals surface area contributed by atoms with Gasteiger partial charge in [-0.05, 0) is 51.9 Å². The number of amides is 2. The second kappa shape index (κ2) is 8.62. The van der Waals surface area contributed by atoms with Crippen molar-refractivity contribution in [3.63, 3.8) is 0 Å². The quantitative estimate of drug-likeness (QED) is 0.829. The van der Waals surface area contributed by atoms with E-state index in [2.05, 4.69) is 16.9 Å². The van der Waals surface area contributed by atoms with Gasteiger partial charge in [0.15, 0.2) is 0 Å². The third-order valence-corrected chi connectivity index (χ3v) is 5.70. The van der Waals surface area contributed by atoms with Crippen LogP contribution in [0.25, 0.3) is 0 Å². The highest BCUT2D eigenvalue weighted by Gasteiger charge is 2.27. The number of piperidine rings is 1. The minimum Gasteiger partial charge on any atom is -0.341 e. The number of aryl methyl sites for hydroxylation is 1. The molecule has 2 aliphatic rings. The normalized spacial score (nSPS) is 22.2. The van der Waals surface area contributed by atoms with Crippen molar-refractivity contribution in [3.8, 4) is 0 Å². The number of nitrogens with zero attached hydrogens (tertiary/aromatic N) is 4. The maximum atomic E-state index is 12.8. The molecule has 2 aliphatic heterocycles. The summed E-state index contributed by atoms with van der Waals surface area (Å²) >= 11 is 0. The van der Waals surface area contributed by atoms with Gasteiger partial charge in [-0.3, -0.25) is 14.6 Å². The number of likely N-dealkylation sites (tertiary alicyclic amines) is 1. The minimum atomic E-state index is 0.0249. The maximum absolute atomic E-state index is 12.8. The summed E-state index contributed by atoms with van der Waals surface area (Å²) < 4.78 is 0. The molecule has 26 heavy (non-hydrogen) atoms. The van der Waals surface area contributed by atoms with Gasteiger partial charge in [0.25, 0.3) is 5.91 Å². The van der Waals surface area contributed by atoms with E-state index in [9.17, 15) is 9.59 Å². The van der Waals surface area contributed by atoms with Gasteiger partial charge in [0.05, 0.1) is 5.56 Å². The fourth-order valence-corrected chi connectivity index (χ4v) is 3.98. The smallest absolute Gasteiger partial charge is 0.255 e. The summed E-state index contributed by atoms with van der Waals surface area (Å²) in [5.41, 5.74) is 1.42. The van der Waals surface area contributed by atoms with Gasteiger partial charge in [0.2, 0.25) is 5.91 Å². The molecule has 0 bridgehead atoms. The van der Waals surface area contributed by atoms with E-state index in [-0.39, 0.29) is 11.8 Å². The molecule has 1 unspecified atom stereocenters. The molecule has 1 aromatic rings. The number of carbonyl (C=O) groups is 2. The van der Waals surface area contributed by atoms with Crippen molar-refractivity contribution in [2.24, 2.45) is 0 Å². The van der Waals surface area contributed by atoms with Gasteiger partial charge < -0.3 is 14.7 Å². The molecule has 0 radical (unpaired) electrons.